The average Bonchev–Trinajstić information content (AvgIpc) is 2.28. The molecule has 1 aromatic heterocycles. The molecule has 2 aromatic rings. The molecular formula is C10H11N5O2S. The fraction of sp³-hybridized carbons (Fsp3) is 0. The van der Waals surface area contributed by atoms with Crippen LogP contribution in [0, 0.1) is 0 Å². The van der Waals surface area contributed by atoms with Crippen LogP contribution in [0.25, 0.3) is 0 Å². The topological polar surface area (TPSA) is 124 Å². The Morgan fingerprint density at radius 2 is 1.78 bits per heavy atom. The number of aromatic nitrogens is 2. The third-order valence-corrected chi connectivity index (χ3v) is 3.07. The zero-order chi connectivity index (χ0) is 13.2. The van der Waals surface area contributed by atoms with Crippen molar-refractivity contribution >= 4 is 27.3 Å². The van der Waals surface area contributed by atoms with E-state index in [9.17, 15) is 8.42 Å². The van der Waals surface area contributed by atoms with E-state index in [1.807, 2.05) is 0 Å². The lowest BCUT2D eigenvalue weighted by Crippen LogP contribution is -2.11. The molecule has 1 heterocycles. The second-order valence-electron chi connectivity index (χ2n) is 3.52. The summed E-state index contributed by atoms with van der Waals surface area (Å²) in [4.78, 5) is 7.77. The third kappa shape index (κ3) is 2.93. The first-order chi connectivity index (χ1) is 8.45. The molecule has 8 heteroatoms. The van der Waals surface area contributed by atoms with E-state index < -0.39 is 10.0 Å². The Kier molecular flexibility index (Phi) is 3.13. The van der Waals surface area contributed by atoms with E-state index in [1.165, 1.54) is 18.5 Å². The highest BCUT2D eigenvalue weighted by Crippen LogP contribution is 2.17. The Morgan fingerprint density at radius 1 is 1.11 bits per heavy atom. The number of rotatable bonds is 3. The van der Waals surface area contributed by atoms with Crippen molar-refractivity contribution in [2.24, 2.45) is 5.14 Å². The number of primary sulfonamides is 1. The number of anilines is 3. The molecule has 2 rings (SSSR count). The number of hydrogen-bond acceptors (Lipinski definition) is 6. The van der Waals surface area contributed by atoms with Crippen LogP contribution < -0.4 is 16.2 Å². The molecule has 0 spiro atoms. The van der Waals surface area contributed by atoms with Gasteiger partial charge in [0.1, 0.15) is 18.0 Å². The molecule has 0 radical (unpaired) electrons. The molecule has 0 unspecified atom stereocenters. The molecule has 0 saturated heterocycles. The monoisotopic (exact) mass is 265 g/mol. The van der Waals surface area contributed by atoms with Gasteiger partial charge in [-0.3, -0.25) is 0 Å². The van der Waals surface area contributed by atoms with Gasteiger partial charge in [0.15, 0.2) is 0 Å². The second-order valence-corrected chi connectivity index (χ2v) is 5.08. The van der Waals surface area contributed by atoms with Crippen molar-refractivity contribution in [3.63, 3.8) is 0 Å². The standard InChI is InChI=1S/C10H11N5O2S/c11-9-5-10(14-6-13-9)15-7-1-3-8(4-2-7)18(12,16)17/h1-6H,(H2,12,16,17)(H3,11,13,14,15). The van der Waals surface area contributed by atoms with E-state index in [1.54, 1.807) is 18.2 Å². The highest BCUT2D eigenvalue weighted by molar-refractivity contribution is 7.89. The van der Waals surface area contributed by atoms with Gasteiger partial charge >= 0.3 is 0 Å². The Morgan fingerprint density at radius 3 is 2.33 bits per heavy atom. The maximum Gasteiger partial charge on any atom is 0.238 e. The minimum Gasteiger partial charge on any atom is -0.384 e. The van der Waals surface area contributed by atoms with Crippen LogP contribution in [0.5, 0.6) is 0 Å². The molecule has 5 N–H and O–H groups in total. The number of nitrogen functional groups attached to an aromatic ring is 1. The van der Waals surface area contributed by atoms with Crippen LogP contribution in [0.2, 0.25) is 0 Å². The predicted molar refractivity (Wildman–Crippen MR) is 67.5 cm³/mol. The number of nitrogens with one attached hydrogen (secondary N) is 1. The molecule has 0 amide bonds. The van der Waals surface area contributed by atoms with Crippen LogP contribution in [0.15, 0.2) is 41.6 Å². The van der Waals surface area contributed by atoms with Crippen molar-refractivity contribution in [3.05, 3.63) is 36.7 Å². The first-order valence-electron chi connectivity index (χ1n) is 4.92. The van der Waals surface area contributed by atoms with Gasteiger partial charge in [-0.25, -0.2) is 23.5 Å². The van der Waals surface area contributed by atoms with Crippen LogP contribution in [0.4, 0.5) is 17.3 Å². The van der Waals surface area contributed by atoms with Gasteiger partial charge in [-0.1, -0.05) is 0 Å². The summed E-state index contributed by atoms with van der Waals surface area (Å²) in [6.45, 7) is 0. The van der Waals surface area contributed by atoms with Crippen molar-refractivity contribution in [2.45, 2.75) is 4.90 Å². The van der Waals surface area contributed by atoms with Crippen LogP contribution in [-0.2, 0) is 10.0 Å². The lowest BCUT2D eigenvalue weighted by molar-refractivity contribution is 0.598. The fourth-order valence-corrected chi connectivity index (χ4v) is 1.83. The molecule has 7 nitrogen and oxygen atoms in total. The number of nitrogens with two attached hydrogens (primary N) is 2. The van der Waals surface area contributed by atoms with E-state index in [0.717, 1.165) is 0 Å². The summed E-state index contributed by atoms with van der Waals surface area (Å²) in [7, 11) is -3.67. The van der Waals surface area contributed by atoms with E-state index in [0.29, 0.717) is 17.3 Å². The molecule has 0 fully saturated rings. The second kappa shape index (κ2) is 4.59. The van der Waals surface area contributed by atoms with E-state index >= 15 is 0 Å². The summed E-state index contributed by atoms with van der Waals surface area (Å²) >= 11 is 0. The van der Waals surface area contributed by atoms with Crippen LogP contribution in [-0.4, -0.2) is 18.4 Å². The predicted octanol–water partition coefficient (Wildman–Crippen LogP) is 0.450. The lowest BCUT2D eigenvalue weighted by Gasteiger charge is -2.06. The summed E-state index contributed by atoms with van der Waals surface area (Å²) in [5.74, 6) is 0.861. The van der Waals surface area contributed by atoms with Crippen molar-refractivity contribution in [1.29, 1.82) is 0 Å². The molecule has 0 atom stereocenters. The molecule has 0 bridgehead atoms. The van der Waals surface area contributed by atoms with Crippen molar-refractivity contribution in [2.75, 3.05) is 11.1 Å². The van der Waals surface area contributed by atoms with Gasteiger partial charge in [0, 0.05) is 11.8 Å². The van der Waals surface area contributed by atoms with Crippen molar-refractivity contribution in [1.82, 2.24) is 9.97 Å². The molecule has 0 aliphatic rings. The third-order valence-electron chi connectivity index (χ3n) is 2.14. The SMILES string of the molecule is Nc1cc(Nc2ccc(S(N)(=O)=O)cc2)ncn1. The molecular weight excluding hydrogens is 254 g/mol. The highest BCUT2D eigenvalue weighted by Gasteiger charge is 2.06. The normalized spacial score (nSPS) is 11.2. The largest absolute Gasteiger partial charge is 0.384 e. The van der Waals surface area contributed by atoms with Crippen LogP contribution in [0.3, 0.4) is 0 Å². The Bertz CT molecular complexity index is 654. The summed E-state index contributed by atoms with van der Waals surface area (Å²) in [5.41, 5.74) is 6.17. The zero-order valence-corrected chi connectivity index (χ0v) is 10.1. The summed E-state index contributed by atoms with van der Waals surface area (Å²) in [6.07, 6.45) is 1.33. The van der Waals surface area contributed by atoms with Gasteiger partial charge in [0.05, 0.1) is 4.90 Å². The molecule has 18 heavy (non-hydrogen) atoms. The summed E-state index contributed by atoms with van der Waals surface area (Å²) < 4.78 is 22.1. The smallest absolute Gasteiger partial charge is 0.238 e. The molecule has 0 saturated carbocycles. The van der Waals surface area contributed by atoms with Gasteiger partial charge < -0.3 is 11.1 Å². The molecule has 0 aliphatic carbocycles. The van der Waals surface area contributed by atoms with Crippen molar-refractivity contribution < 1.29 is 8.42 Å². The quantitative estimate of drug-likeness (QED) is 0.740. The minimum atomic E-state index is -3.67. The first kappa shape index (κ1) is 12.3. The Labute approximate surface area is 104 Å². The first-order valence-corrected chi connectivity index (χ1v) is 6.47. The molecule has 0 aliphatic heterocycles. The fourth-order valence-electron chi connectivity index (χ4n) is 1.32. The molecule has 94 valence electrons. The lowest BCUT2D eigenvalue weighted by atomic mass is 10.3. The van der Waals surface area contributed by atoms with Gasteiger partial charge in [0.25, 0.3) is 0 Å². The van der Waals surface area contributed by atoms with Gasteiger partial charge in [0.2, 0.25) is 10.0 Å². The summed E-state index contributed by atoms with van der Waals surface area (Å²) in [5, 5.41) is 7.95. The van der Waals surface area contributed by atoms with E-state index in [4.69, 9.17) is 10.9 Å². The Hall–Kier alpha value is -2.19. The number of benzene rings is 1. The number of hydrogen-bond donors (Lipinski definition) is 3. The summed E-state index contributed by atoms with van der Waals surface area (Å²) in [6, 6.07) is 7.54. The van der Waals surface area contributed by atoms with Gasteiger partial charge in [-0.15, -0.1) is 0 Å². The minimum absolute atomic E-state index is 0.0512. The highest BCUT2D eigenvalue weighted by atomic mass is 32.2. The maximum absolute atomic E-state index is 11.1. The number of sulfonamides is 1. The Balaban J connectivity index is 2.21. The number of nitrogens with zero attached hydrogens (tertiary/aromatic N) is 2. The zero-order valence-electron chi connectivity index (χ0n) is 9.24. The van der Waals surface area contributed by atoms with E-state index in [2.05, 4.69) is 15.3 Å². The van der Waals surface area contributed by atoms with Gasteiger partial charge in [-0.2, -0.15) is 0 Å². The average molecular weight is 265 g/mol. The van der Waals surface area contributed by atoms with Crippen LogP contribution in [0.1, 0.15) is 0 Å². The van der Waals surface area contributed by atoms with Crippen molar-refractivity contribution in [3.8, 4) is 0 Å². The van der Waals surface area contributed by atoms with Crippen LogP contribution >= 0.6 is 0 Å². The molecule has 1 aromatic carbocycles. The van der Waals surface area contributed by atoms with E-state index in [-0.39, 0.29) is 4.90 Å². The maximum atomic E-state index is 11.1. The van der Waals surface area contributed by atoms with Gasteiger partial charge in [-0.05, 0) is 24.3 Å².